The maximum absolute atomic E-state index is 5.97. The average molecular weight is 296 g/mol. The van der Waals surface area contributed by atoms with E-state index in [2.05, 4.69) is 16.9 Å². The van der Waals surface area contributed by atoms with Crippen molar-refractivity contribution in [2.45, 2.75) is 13.5 Å². The van der Waals surface area contributed by atoms with E-state index >= 15 is 0 Å². The summed E-state index contributed by atoms with van der Waals surface area (Å²) in [5.74, 6) is 0. The van der Waals surface area contributed by atoms with Gasteiger partial charge in [-0.25, -0.2) is 4.98 Å². The predicted molar refractivity (Wildman–Crippen MR) is 78.1 cm³/mol. The highest BCUT2D eigenvalue weighted by Crippen LogP contribution is 2.21. The van der Waals surface area contributed by atoms with Crippen molar-refractivity contribution in [2.75, 3.05) is 0 Å². The molecule has 0 amide bonds. The summed E-state index contributed by atoms with van der Waals surface area (Å²) in [6.45, 7) is 2.74. The lowest BCUT2D eigenvalue weighted by Gasteiger charge is -2.01. The fourth-order valence-electron chi connectivity index (χ4n) is 1.90. The largest absolute Gasteiger partial charge is 0.331 e. The zero-order chi connectivity index (χ0) is 12.7. The SMILES string of the molecule is Cc1cnc(Cn2c(=S)[nH]c3cc(Cl)ccc32)s1. The predicted octanol–water partition coefficient (Wildman–Crippen LogP) is 4.17. The number of hydrogen-bond acceptors (Lipinski definition) is 3. The molecule has 0 aliphatic heterocycles. The zero-order valence-electron chi connectivity index (χ0n) is 9.61. The number of benzene rings is 1. The van der Waals surface area contributed by atoms with Crippen LogP contribution in [-0.2, 0) is 6.54 Å². The van der Waals surface area contributed by atoms with Crippen molar-refractivity contribution in [3.8, 4) is 0 Å². The monoisotopic (exact) mass is 295 g/mol. The minimum absolute atomic E-state index is 0.693. The second-order valence-corrected chi connectivity index (χ2v) is 6.18. The van der Waals surface area contributed by atoms with Crippen molar-refractivity contribution in [1.82, 2.24) is 14.5 Å². The molecular formula is C12H10ClN3S2. The zero-order valence-corrected chi connectivity index (χ0v) is 12.0. The standard InChI is InChI=1S/C12H10ClN3S2/c1-7-5-14-11(18-7)6-16-10-3-2-8(13)4-9(10)15-12(16)17/h2-5H,6H2,1H3,(H,15,17). The van der Waals surface area contributed by atoms with Crippen molar-refractivity contribution in [1.29, 1.82) is 0 Å². The maximum Gasteiger partial charge on any atom is 0.178 e. The second-order valence-electron chi connectivity index (χ2n) is 4.04. The molecule has 0 atom stereocenters. The molecule has 3 nitrogen and oxygen atoms in total. The molecule has 0 saturated heterocycles. The first-order valence-corrected chi connectivity index (χ1v) is 7.03. The summed E-state index contributed by atoms with van der Waals surface area (Å²) >= 11 is 13.0. The lowest BCUT2D eigenvalue weighted by molar-refractivity contribution is 0.803. The van der Waals surface area contributed by atoms with Gasteiger partial charge in [0.25, 0.3) is 0 Å². The van der Waals surface area contributed by atoms with Crippen LogP contribution in [0.1, 0.15) is 9.88 Å². The van der Waals surface area contributed by atoms with E-state index in [1.807, 2.05) is 29.0 Å². The van der Waals surface area contributed by atoms with Crippen LogP contribution in [0.25, 0.3) is 11.0 Å². The molecule has 3 aromatic rings. The number of H-pyrrole nitrogens is 1. The van der Waals surface area contributed by atoms with Gasteiger partial charge >= 0.3 is 0 Å². The summed E-state index contributed by atoms with van der Waals surface area (Å²) < 4.78 is 2.74. The van der Waals surface area contributed by atoms with Crippen molar-refractivity contribution < 1.29 is 0 Å². The number of halogens is 1. The van der Waals surface area contributed by atoms with E-state index in [1.165, 1.54) is 4.88 Å². The molecule has 3 rings (SSSR count). The molecule has 6 heteroatoms. The minimum Gasteiger partial charge on any atom is -0.331 e. The first-order valence-electron chi connectivity index (χ1n) is 5.43. The van der Waals surface area contributed by atoms with Crippen LogP contribution in [0.2, 0.25) is 5.02 Å². The van der Waals surface area contributed by atoms with E-state index in [9.17, 15) is 0 Å². The lowest BCUT2D eigenvalue weighted by atomic mass is 10.3. The van der Waals surface area contributed by atoms with Crippen LogP contribution in [0.15, 0.2) is 24.4 Å². The highest BCUT2D eigenvalue weighted by atomic mass is 35.5. The Morgan fingerprint density at radius 2 is 2.33 bits per heavy atom. The van der Waals surface area contributed by atoms with Crippen LogP contribution in [0, 0.1) is 11.7 Å². The van der Waals surface area contributed by atoms with Gasteiger partial charge in [0.2, 0.25) is 0 Å². The molecule has 0 saturated carbocycles. The van der Waals surface area contributed by atoms with Gasteiger partial charge < -0.3 is 9.55 Å². The Balaban J connectivity index is 2.11. The van der Waals surface area contributed by atoms with E-state index in [0.29, 0.717) is 16.3 Å². The molecule has 0 bridgehead atoms. The number of aromatic nitrogens is 3. The molecule has 18 heavy (non-hydrogen) atoms. The quantitative estimate of drug-likeness (QED) is 0.720. The van der Waals surface area contributed by atoms with Crippen molar-refractivity contribution in [3.63, 3.8) is 0 Å². The third-order valence-corrected chi connectivity index (χ3v) is 4.15. The Morgan fingerprint density at radius 3 is 3.06 bits per heavy atom. The van der Waals surface area contributed by atoms with E-state index < -0.39 is 0 Å². The van der Waals surface area contributed by atoms with Crippen LogP contribution >= 0.6 is 35.2 Å². The number of aromatic amines is 1. The summed E-state index contributed by atoms with van der Waals surface area (Å²) in [6, 6.07) is 5.73. The number of nitrogens with zero attached hydrogens (tertiary/aromatic N) is 2. The summed E-state index contributed by atoms with van der Waals surface area (Å²) in [5.41, 5.74) is 2.01. The van der Waals surface area contributed by atoms with E-state index in [4.69, 9.17) is 23.8 Å². The third-order valence-electron chi connectivity index (χ3n) is 2.70. The molecule has 1 aromatic carbocycles. The van der Waals surface area contributed by atoms with Crippen molar-refractivity contribution >= 4 is 46.2 Å². The minimum atomic E-state index is 0.693. The van der Waals surface area contributed by atoms with Gasteiger partial charge in [-0.3, -0.25) is 0 Å². The number of aryl methyl sites for hydroxylation is 1. The van der Waals surface area contributed by atoms with Gasteiger partial charge in [0.15, 0.2) is 4.77 Å². The average Bonchev–Trinajstić information content (AvgIpc) is 2.84. The van der Waals surface area contributed by atoms with Gasteiger partial charge in [-0.1, -0.05) is 11.6 Å². The molecule has 0 aliphatic rings. The molecule has 0 aliphatic carbocycles. The lowest BCUT2D eigenvalue weighted by Crippen LogP contribution is -1.98. The fourth-order valence-corrected chi connectivity index (χ4v) is 3.12. The number of hydrogen-bond donors (Lipinski definition) is 1. The van der Waals surface area contributed by atoms with Gasteiger partial charge in [0.1, 0.15) is 5.01 Å². The summed E-state index contributed by atoms with van der Waals surface area (Å²) in [4.78, 5) is 8.74. The Bertz CT molecular complexity index is 769. The summed E-state index contributed by atoms with van der Waals surface area (Å²) in [6.07, 6.45) is 1.88. The summed E-state index contributed by atoms with van der Waals surface area (Å²) in [7, 11) is 0. The van der Waals surface area contributed by atoms with Crippen LogP contribution < -0.4 is 0 Å². The number of imidazole rings is 1. The van der Waals surface area contributed by atoms with E-state index in [1.54, 1.807) is 11.3 Å². The second kappa shape index (κ2) is 4.50. The van der Waals surface area contributed by atoms with Gasteiger partial charge in [-0.05, 0) is 37.3 Å². The van der Waals surface area contributed by atoms with Crippen LogP contribution in [0.4, 0.5) is 0 Å². The van der Waals surface area contributed by atoms with Crippen LogP contribution in [0.5, 0.6) is 0 Å². The molecule has 2 heterocycles. The van der Waals surface area contributed by atoms with E-state index in [-0.39, 0.29) is 0 Å². The molecule has 92 valence electrons. The molecule has 2 aromatic heterocycles. The van der Waals surface area contributed by atoms with Gasteiger partial charge in [-0.15, -0.1) is 11.3 Å². The van der Waals surface area contributed by atoms with E-state index in [0.717, 1.165) is 16.0 Å². The Hall–Kier alpha value is -1.17. The normalized spacial score (nSPS) is 11.2. The Labute approximate surface area is 118 Å². The Kier molecular flexibility index (Phi) is 2.97. The molecule has 0 unspecified atom stereocenters. The number of thiazole rings is 1. The van der Waals surface area contributed by atoms with Gasteiger partial charge in [-0.2, -0.15) is 0 Å². The Morgan fingerprint density at radius 1 is 1.50 bits per heavy atom. The molecule has 0 radical (unpaired) electrons. The number of rotatable bonds is 2. The maximum atomic E-state index is 5.97. The highest BCUT2D eigenvalue weighted by Gasteiger charge is 2.07. The number of nitrogens with one attached hydrogen (secondary N) is 1. The molecule has 0 fully saturated rings. The topological polar surface area (TPSA) is 33.6 Å². The molecule has 0 spiro atoms. The fraction of sp³-hybridized carbons (Fsp3) is 0.167. The molecule has 1 N–H and O–H groups in total. The van der Waals surface area contributed by atoms with Crippen LogP contribution in [-0.4, -0.2) is 14.5 Å². The van der Waals surface area contributed by atoms with Gasteiger partial charge in [0, 0.05) is 16.1 Å². The van der Waals surface area contributed by atoms with Crippen LogP contribution in [0.3, 0.4) is 0 Å². The highest BCUT2D eigenvalue weighted by molar-refractivity contribution is 7.71. The van der Waals surface area contributed by atoms with Gasteiger partial charge in [0.05, 0.1) is 17.6 Å². The first-order chi connectivity index (χ1) is 8.63. The first kappa shape index (κ1) is 11.9. The third kappa shape index (κ3) is 2.09. The smallest absolute Gasteiger partial charge is 0.178 e. The number of fused-ring (bicyclic) bond motifs is 1. The molecular weight excluding hydrogens is 286 g/mol. The van der Waals surface area contributed by atoms with Crippen molar-refractivity contribution in [3.05, 3.63) is 44.1 Å². The summed E-state index contributed by atoms with van der Waals surface area (Å²) in [5, 5.41) is 1.76. The van der Waals surface area contributed by atoms with Crippen molar-refractivity contribution in [2.24, 2.45) is 0 Å².